The highest BCUT2D eigenvalue weighted by molar-refractivity contribution is 6.31. The third kappa shape index (κ3) is 4.77. The van der Waals surface area contributed by atoms with Gasteiger partial charge < -0.3 is 14.4 Å². The smallest absolute Gasteiger partial charge is 0.246 e. The molecule has 2 aromatic rings. The van der Waals surface area contributed by atoms with Gasteiger partial charge in [-0.25, -0.2) is 4.68 Å². The van der Waals surface area contributed by atoms with Crippen molar-refractivity contribution in [1.29, 1.82) is 0 Å². The first-order valence-electron chi connectivity index (χ1n) is 10.5. The van der Waals surface area contributed by atoms with E-state index in [1.54, 1.807) is 16.8 Å². The third-order valence-corrected chi connectivity index (χ3v) is 6.16. The number of ether oxygens (including phenoxy) is 2. The molecule has 6 nitrogen and oxygen atoms in total. The zero-order valence-electron chi connectivity index (χ0n) is 17.5. The van der Waals surface area contributed by atoms with Crippen molar-refractivity contribution in [3.63, 3.8) is 0 Å². The maximum Gasteiger partial charge on any atom is 0.246 e. The van der Waals surface area contributed by atoms with Gasteiger partial charge in [0.05, 0.1) is 25.5 Å². The first-order chi connectivity index (χ1) is 14.5. The molecular weight excluding hydrogens is 402 g/mol. The van der Waals surface area contributed by atoms with E-state index >= 15 is 0 Å². The zero-order valence-corrected chi connectivity index (χ0v) is 18.3. The molecule has 0 saturated carbocycles. The van der Waals surface area contributed by atoms with E-state index in [0.717, 1.165) is 36.2 Å². The molecule has 4 rings (SSSR count). The molecule has 1 amide bonds. The molecule has 0 aliphatic carbocycles. The summed E-state index contributed by atoms with van der Waals surface area (Å²) in [5, 5.41) is 5.10. The van der Waals surface area contributed by atoms with E-state index in [0.29, 0.717) is 31.5 Å². The van der Waals surface area contributed by atoms with Gasteiger partial charge in [-0.05, 0) is 38.3 Å². The van der Waals surface area contributed by atoms with E-state index in [1.807, 2.05) is 11.8 Å². The first-order valence-corrected chi connectivity index (χ1v) is 10.9. The van der Waals surface area contributed by atoms with Crippen LogP contribution >= 0.6 is 11.6 Å². The molecule has 7 heteroatoms. The van der Waals surface area contributed by atoms with Crippen LogP contribution in [-0.2, 0) is 20.8 Å². The minimum atomic E-state index is -0.179. The lowest BCUT2D eigenvalue weighted by atomic mass is 9.97. The van der Waals surface area contributed by atoms with Crippen LogP contribution in [0.15, 0.2) is 30.3 Å². The Morgan fingerprint density at radius 3 is 2.70 bits per heavy atom. The Bertz CT molecular complexity index is 917. The van der Waals surface area contributed by atoms with Crippen molar-refractivity contribution in [2.45, 2.75) is 39.5 Å². The van der Waals surface area contributed by atoms with Crippen LogP contribution in [-0.4, -0.2) is 53.2 Å². The van der Waals surface area contributed by atoms with Crippen molar-refractivity contribution in [2.75, 3.05) is 26.3 Å². The number of piperidine rings is 1. The van der Waals surface area contributed by atoms with Crippen LogP contribution in [0, 0.1) is 19.8 Å². The Hall–Kier alpha value is -2.15. The molecule has 1 unspecified atom stereocenters. The van der Waals surface area contributed by atoms with Gasteiger partial charge >= 0.3 is 0 Å². The molecule has 0 bridgehead atoms. The first kappa shape index (κ1) is 21.1. The zero-order chi connectivity index (χ0) is 21.1. The average molecular weight is 430 g/mol. The van der Waals surface area contributed by atoms with Crippen LogP contribution in [0.4, 0.5) is 0 Å². The monoisotopic (exact) mass is 429 g/mol. The number of benzene rings is 1. The highest BCUT2D eigenvalue weighted by Gasteiger charge is 2.32. The van der Waals surface area contributed by atoms with Crippen molar-refractivity contribution in [1.82, 2.24) is 14.7 Å². The van der Waals surface area contributed by atoms with Crippen LogP contribution in [0.3, 0.4) is 0 Å². The fourth-order valence-electron chi connectivity index (χ4n) is 4.07. The predicted octanol–water partition coefficient (Wildman–Crippen LogP) is 3.83. The molecule has 2 saturated heterocycles. The minimum absolute atomic E-state index is 0.0144. The second kappa shape index (κ2) is 9.33. The van der Waals surface area contributed by atoms with E-state index in [-0.39, 0.29) is 18.1 Å². The number of hydrogen-bond acceptors (Lipinski definition) is 4. The number of nitrogens with zero attached hydrogens (tertiary/aromatic N) is 3. The van der Waals surface area contributed by atoms with E-state index in [9.17, 15) is 4.79 Å². The number of aromatic nitrogens is 2. The van der Waals surface area contributed by atoms with Crippen LogP contribution in [0.5, 0.6) is 0 Å². The molecular formula is C23H28ClN3O3. The lowest BCUT2D eigenvalue weighted by Crippen LogP contribution is -2.43. The van der Waals surface area contributed by atoms with Crippen molar-refractivity contribution in [2.24, 2.45) is 5.92 Å². The Balaban J connectivity index is 1.42. The summed E-state index contributed by atoms with van der Waals surface area (Å²) in [7, 11) is 0. The number of carbonyl (C=O) groups excluding carboxylic acids is 1. The van der Waals surface area contributed by atoms with Gasteiger partial charge in [0.25, 0.3) is 0 Å². The van der Waals surface area contributed by atoms with Crippen LogP contribution in [0.2, 0.25) is 5.15 Å². The van der Waals surface area contributed by atoms with Crippen LogP contribution < -0.4 is 0 Å². The highest BCUT2D eigenvalue weighted by Crippen LogP contribution is 2.26. The minimum Gasteiger partial charge on any atom is -0.350 e. The quantitative estimate of drug-likeness (QED) is 0.678. The molecule has 2 aliphatic rings. The van der Waals surface area contributed by atoms with Gasteiger partial charge in [0.15, 0.2) is 6.29 Å². The number of rotatable bonds is 5. The second-order valence-corrected chi connectivity index (χ2v) is 8.42. The van der Waals surface area contributed by atoms with Gasteiger partial charge in [-0.3, -0.25) is 4.79 Å². The van der Waals surface area contributed by atoms with Gasteiger partial charge in [0.1, 0.15) is 5.15 Å². The lowest BCUT2D eigenvalue weighted by Gasteiger charge is -2.34. The average Bonchev–Trinajstić information content (AvgIpc) is 3.37. The van der Waals surface area contributed by atoms with E-state index < -0.39 is 0 Å². The fraction of sp³-hybridized carbons (Fsp3) is 0.478. The number of hydrogen-bond donors (Lipinski definition) is 0. The molecule has 0 radical (unpaired) electrons. The van der Waals surface area contributed by atoms with Gasteiger partial charge in [-0.1, -0.05) is 41.4 Å². The Morgan fingerprint density at radius 1 is 1.23 bits per heavy atom. The molecule has 0 spiro atoms. The SMILES string of the molecule is Cc1ccc(Cn2nc(C)c(/C=C/C(=O)N3CCCC(C4OCCO4)C3)c2Cl)cc1. The normalized spacial score (nSPS) is 20.4. The summed E-state index contributed by atoms with van der Waals surface area (Å²) in [6, 6.07) is 8.30. The van der Waals surface area contributed by atoms with E-state index in [1.165, 1.54) is 5.56 Å². The number of likely N-dealkylation sites (tertiary alicyclic amines) is 1. The standard InChI is InChI=1S/C23H28ClN3O3/c1-16-5-7-18(8-6-16)14-27-22(24)20(17(2)25-27)9-10-21(28)26-11-3-4-19(15-26)23-29-12-13-30-23/h5-10,19,23H,3-4,11-15H2,1-2H3/b10-9+. The fourth-order valence-corrected chi connectivity index (χ4v) is 4.37. The second-order valence-electron chi connectivity index (χ2n) is 8.06. The number of carbonyl (C=O) groups is 1. The van der Waals surface area contributed by atoms with Crippen molar-refractivity contribution in [3.8, 4) is 0 Å². The van der Waals surface area contributed by atoms with E-state index in [4.69, 9.17) is 21.1 Å². The summed E-state index contributed by atoms with van der Waals surface area (Å²) in [5.74, 6) is 0.223. The summed E-state index contributed by atoms with van der Waals surface area (Å²) >= 11 is 6.58. The lowest BCUT2D eigenvalue weighted by molar-refractivity contribution is -0.134. The van der Waals surface area contributed by atoms with Crippen molar-refractivity contribution >= 4 is 23.6 Å². The maximum atomic E-state index is 12.8. The topological polar surface area (TPSA) is 56.6 Å². The van der Waals surface area contributed by atoms with Gasteiger partial charge in [0.2, 0.25) is 5.91 Å². The largest absolute Gasteiger partial charge is 0.350 e. The third-order valence-electron chi connectivity index (χ3n) is 5.76. The molecule has 2 aliphatic heterocycles. The molecule has 2 fully saturated rings. The van der Waals surface area contributed by atoms with Gasteiger partial charge in [-0.15, -0.1) is 0 Å². The highest BCUT2D eigenvalue weighted by atomic mass is 35.5. The molecule has 0 N–H and O–H groups in total. The van der Waals surface area contributed by atoms with Crippen molar-refractivity contribution in [3.05, 3.63) is 57.9 Å². The van der Waals surface area contributed by atoms with Crippen LogP contribution in [0.1, 0.15) is 35.2 Å². The number of amides is 1. The molecule has 1 aromatic carbocycles. The van der Waals surface area contributed by atoms with E-state index in [2.05, 4.69) is 36.3 Å². The molecule has 30 heavy (non-hydrogen) atoms. The Morgan fingerprint density at radius 2 is 1.97 bits per heavy atom. The summed E-state index contributed by atoms with van der Waals surface area (Å²) < 4.78 is 13.0. The molecule has 3 heterocycles. The number of halogens is 1. The maximum absolute atomic E-state index is 12.8. The Labute approximate surface area is 182 Å². The van der Waals surface area contributed by atoms with Gasteiger partial charge in [-0.2, -0.15) is 5.10 Å². The Kier molecular flexibility index (Phi) is 6.56. The molecule has 1 aromatic heterocycles. The molecule has 160 valence electrons. The van der Waals surface area contributed by atoms with Crippen LogP contribution in [0.25, 0.3) is 6.08 Å². The summed E-state index contributed by atoms with van der Waals surface area (Å²) in [6.45, 7) is 7.26. The summed E-state index contributed by atoms with van der Waals surface area (Å²) in [5.41, 5.74) is 3.94. The van der Waals surface area contributed by atoms with Crippen molar-refractivity contribution < 1.29 is 14.3 Å². The predicted molar refractivity (Wildman–Crippen MR) is 116 cm³/mol. The summed E-state index contributed by atoms with van der Waals surface area (Å²) in [6.07, 6.45) is 5.19. The molecule has 1 atom stereocenters. The van der Waals surface area contributed by atoms with Gasteiger partial charge in [0, 0.05) is 30.6 Å². The summed E-state index contributed by atoms with van der Waals surface area (Å²) in [4.78, 5) is 14.6. The number of aryl methyl sites for hydroxylation is 2.